The minimum Gasteiger partial charge on any atom is -0.473 e. The molecule has 0 radical (unpaired) electrons. The molecular weight excluding hydrogens is 412 g/mol. The Kier molecular flexibility index (Phi) is 11.5. The second-order valence-electron chi connectivity index (χ2n) is 8.19. The van der Waals surface area contributed by atoms with Crippen LogP contribution < -0.4 is 15.5 Å². The highest BCUT2D eigenvalue weighted by Gasteiger charge is 2.11. The summed E-state index contributed by atoms with van der Waals surface area (Å²) in [5, 5.41) is 21.0. The van der Waals surface area contributed by atoms with E-state index in [1.165, 1.54) is 63.7 Å². The van der Waals surface area contributed by atoms with E-state index in [1.54, 1.807) is 0 Å². The van der Waals surface area contributed by atoms with Crippen LogP contribution in [0.3, 0.4) is 0 Å². The number of nitrogens with zero attached hydrogens (tertiary/aromatic N) is 2. The first-order valence-corrected chi connectivity index (χ1v) is 11.5. The highest BCUT2D eigenvalue weighted by atomic mass is 16.4. The van der Waals surface area contributed by atoms with Crippen LogP contribution in [0.1, 0.15) is 44.9 Å². The van der Waals surface area contributed by atoms with Crippen molar-refractivity contribution in [2.75, 3.05) is 56.0 Å². The van der Waals surface area contributed by atoms with Crippen molar-refractivity contribution in [1.82, 2.24) is 10.2 Å². The summed E-state index contributed by atoms with van der Waals surface area (Å²) in [4.78, 5) is 35.2. The molecule has 3 rings (SSSR count). The van der Waals surface area contributed by atoms with Gasteiger partial charge >= 0.3 is 11.9 Å². The largest absolute Gasteiger partial charge is 0.473 e. The lowest BCUT2D eigenvalue weighted by Crippen LogP contribution is -2.38. The van der Waals surface area contributed by atoms with Crippen molar-refractivity contribution in [1.29, 1.82) is 0 Å². The van der Waals surface area contributed by atoms with E-state index in [-0.39, 0.29) is 5.91 Å². The highest BCUT2D eigenvalue weighted by molar-refractivity contribution is 6.27. The van der Waals surface area contributed by atoms with Gasteiger partial charge in [-0.1, -0.05) is 19.3 Å². The molecular formula is C23H36N4O5. The summed E-state index contributed by atoms with van der Waals surface area (Å²) in [6.45, 7) is 6.99. The van der Waals surface area contributed by atoms with Crippen LogP contribution in [0.4, 0.5) is 11.4 Å². The number of likely N-dealkylation sites (tertiary alicyclic amines) is 1. The Morgan fingerprint density at radius 3 is 1.88 bits per heavy atom. The van der Waals surface area contributed by atoms with Crippen LogP contribution in [0.25, 0.3) is 0 Å². The third-order valence-electron chi connectivity index (χ3n) is 5.64. The number of aliphatic carboxylic acids is 2. The molecule has 0 bridgehead atoms. The maximum Gasteiger partial charge on any atom is 0.414 e. The maximum absolute atomic E-state index is 12.1. The number of amides is 1. The number of hydrogen-bond acceptors (Lipinski definition) is 6. The quantitative estimate of drug-likeness (QED) is 0.370. The van der Waals surface area contributed by atoms with Crippen molar-refractivity contribution >= 4 is 29.2 Å². The Labute approximate surface area is 189 Å². The Morgan fingerprint density at radius 1 is 0.781 bits per heavy atom. The number of rotatable bonds is 7. The lowest BCUT2D eigenvalue weighted by molar-refractivity contribution is -0.159. The fraction of sp³-hybridized carbons (Fsp3) is 0.609. The molecule has 9 heteroatoms. The van der Waals surface area contributed by atoms with Crippen LogP contribution in [0.5, 0.6) is 0 Å². The van der Waals surface area contributed by atoms with Crippen LogP contribution in [0, 0.1) is 0 Å². The van der Waals surface area contributed by atoms with Gasteiger partial charge in [-0.15, -0.1) is 0 Å². The van der Waals surface area contributed by atoms with Crippen LogP contribution >= 0.6 is 0 Å². The number of piperidine rings is 1. The molecule has 178 valence electrons. The highest BCUT2D eigenvalue weighted by Crippen LogP contribution is 2.21. The van der Waals surface area contributed by atoms with E-state index in [1.807, 2.05) is 12.1 Å². The molecule has 2 fully saturated rings. The van der Waals surface area contributed by atoms with Crippen molar-refractivity contribution in [3.8, 4) is 0 Å². The number of benzene rings is 1. The van der Waals surface area contributed by atoms with Gasteiger partial charge in [-0.25, -0.2) is 9.59 Å². The third-order valence-corrected chi connectivity index (χ3v) is 5.64. The van der Waals surface area contributed by atoms with Gasteiger partial charge < -0.3 is 30.6 Å². The van der Waals surface area contributed by atoms with Crippen molar-refractivity contribution in [3.63, 3.8) is 0 Å². The molecule has 0 atom stereocenters. The molecule has 1 amide bonds. The molecule has 2 saturated heterocycles. The van der Waals surface area contributed by atoms with E-state index in [9.17, 15) is 4.79 Å². The molecule has 2 aliphatic heterocycles. The average molecular weight is 449 g/mol. The second-order valence-corrected chi connectivity index (χ2v) is 8.19. The Balaban J connectivity index is 0.000000534. The van der Waals surface area contributed by atoms with E-state index in [2.05, 4.69) is 32.6 Å². The molecule has 1 aromatic rings. The van der Waals surface area contributed by atoms with Gasteiger partial charge in [0.1, 0.15) is 0 Å². The van der Waals surface area contributed by atoms with E-state index in [0.29, 0.717) is 6.54 Å². The summed E-state index contributed by atoms with van der Waals surface area (Å²) in [5.74, 6) is -3.61. The number of carbonyl (C=O) groups is 3. The predicted molar refractivity (Wildman–Crippen MR) is 124 cm³/mol. The maximum atomic E-state index is 12.1. The SMILES string of the molecule is O=C(CNCCN1CCCCC1)Nc1ccc(N2CCCCCC2)cc1.O=C(O)C(=O)O. The molecule has 4 N–H and O–H groups in total. The molecule has 0 aromatic heterocycles. The number of carbonyl (C=O) groups excluding carboxylic acids is 1. The minimum absolute atomic E-state index is 0.0335. The summed E-state index contributed by atoms with van der Waals surface area (Å²) in [6.07, 6.45) is 9.23. The zero-order valence-corrected chi connectivity index (χ0v) is 18.7. The van der Waals surface area contributed by atoms with Crippen LogP contribution in [-0.4, -0.2) is 78.8 Å². The predicted octanol–water partition coefficient (Wildman–Crippen LogP) is 2.24. The van der Waals surface area contributed by atoms with Crippen molar-refractivity contribution in [3.05, 3.63) is 24.3 Å². The van der Waals surface area contributed by atoms with E-state index in [0.717, 1.165) is 31.9 Å². The lowest BCUT2D eigenvalue weighted by atomic mass is 10.1. The molecule has 9 nitrogen and oxygen atoms in total. The smallest absolute Gasteiger partial charge is 0.414 e. The van der Waals surface area contributed by atoms with Gasteiger partial charge in [0, 0.05) is 37.6 Å². The van der Waals surface area contributed by atoms with E-state index >= 15 is 0 Å². The molecule has 0 spiro atoms. The van der Waals surface area contributed by atoms with Gasteiger partial charge in [-0.3, -0.25) is 4.79 Å². The van der Waals surface area contributed by atoms with Gasteiger partial charge in [0.15, 0.2) is 0 Å². The third kappa shape index (κ3) is 10.1. The fourth-order valence-corrected chi connectivity index (χ4v) is 3.91. The van der Waals surface area contributed by atoms with Crippen molar-refractivity contribution in [2.45, 2.75) is 44.9 Å². The first-order valence-electron chi connectivity index (χ1n) is 11.5. The Morgan fingerprint density at radius 2 is 1.31 bits per heavy atom. The van der Waals surface area contributed by atoms with Gasteiger partial charge in [0.25, 0.3) is 0 Å². The molecule has 2 heterocycles. The Hall–Kier alpha value is -2.65. The zero-order valence-electron chi connectivity index (χ0n) is 18.7. The molecule has 0 aliphatic carbocycles. The normalized spacial score (nSPS) is 16.9. The zero-order chi connectivity index (χ0) is 23.2. The first-order chi connectivity index (χ1) is 15.5. The van der Waals surface area contributed by atoms with Gasteiger partial charge in [-0.2, -0.15) is 0 Å². The number of nitrogens with one attached hydrogen (secondary N) is 2. The van der Waals surface area contributed by atoms with Gasteiger partial charge in [0.05, 0.1) is 6.54 Å². The molecule has 0 unspecified atom stereocenters. The van der Waals surface area contributed by atoms with Gasteiger partial charge in [0.2, 0.25) is 5.91 Å². The van der Waals surface area contributed by atoms with Crippen molar-refractivity contribution < 1.29 is 24.6 Å². The average Bonchev–Trinajstić information content (AvgIpc) is 3.08. The summed E-state index contributed by atoms with van der Waals surface area (Å²) in [6, 6.07) is 8.30. The fourth-order valence-electron chi connectivity index (χ4n) is 3.91. The van der Waals surface area contributed by atoms with E-state index < -0.39 is 11.9 Å². The van der Waals surface area contributed by atoms with E-state index in [4.69, 9.17) is 19.8 Å². The summed E-state index contributed by atoms with van der Waals surface area (Å²) in [5.41, 5.74) is 2.15. The molecule has 1 aromatic carbocycles. The van der Waals surface area contributed by atoms with Crippen LogP contribution in [0.15, 0.2) is 24.3 Å². The molecule has 32 heavy (non-hydrogen) atoms. The second kappa shape index (κ2) is 14.4. The first kappa shape index (κ1) is 25.6. The molecule has 0 saturated carbocycles. The van der Waals surface area contributed by atoms with Crippen molar-refractivity contribution in [2.24, 2.45) is 0 Å². The minimum atomic E-state index is -1.82. The topological polar surface area (TPSA) is 122 Å². The van der Waals surface area contributed by atoms with Crippen LogP contribution in [0.2, 0.25) is 0 Å². The summed E-state index contributed by atoms with van der Waals surface area (Å²) >= 11 is 0. The number of carboxylic acids is 2. The monoisotopic (exact) mass is 448 g/mol. The number of hydrogen-bond donors (Lipinski definition) is 4. The Bertz CT molecular complexity index is 700. The number of carboxylic acid groups (broad SMARTS) is 2. The summed E-state index contributed by atoms with van der Waals surface area (Å²) < 4.78 is 0. The van der Waals surface area contributed by atoms with Gasteiger partial charge in [-0.05, 0) is 63.0 Å². The summed E-state index contributed by atoms with van der Waals surface area (Å²) in [7, 11) is 0. The molecule has 2 aliphatic rings. The standard InChI is InChI=1S/C21H34N4O.C2H2O4/c26-21(18-22-12-17-24-13-4-3-5-14-24)23-19-8-10-20(11-9-19)25-15-6-1-2-7-16-25;3-1(4)2(5)6/h8-11,22H,1-7,12-18H2,(H,23,26);(H,3,4)(H,5,6). The lowest BCUT2D eigenvalue weighted by Gasteiger charge is -2.26. The van der Waals surface area contributed by atoms with Crippen LogP contribution in [-0.2, 0) is 14.4 Å². The number of anilines is 2.